The molecule has 1 atom stereocenters. The van der Waals surface area contributed by atoms with E-state index >= 15 is 0 Å². The number of amides is 1. The molecule has 1 aliphatic heterocycles. The number of hydrogen-bond acceptors (Lipinski definition) is 6. The number of benzene rings is 3. The molecule has 1 heterocycles. The maximum absolute atomic E-state index is 13.5. The van der Waals surface area contributed by atoms with E-state index in [4.69, 9.17) is 9.47 Å². The number of methoxy groups -OCH3 is 1. The molecule has 1 aliphatic rings. The molecular weight excluding hydrogens is 482 g/mol. The summed E-state index contributed by atoms with van der Waals surface area (Å²) in [6, 6.07) is 18.3. The van der Waals surface area contributed by atoms with E-state index in [0.29, 0.717) is 28.3 Å². The van der Waals surface area contributed by atoms with Crippen molar-refractivity contribution in [2.75, 3.05) is 12.0 Å². The molecule has 38 heavy (non-hydrogen) atoms. The fourth-order valence-corrected chi connectivity index (χ4v) is 4.68. The zero-order chi connectivity index (χ0) is 27.6. The average molecular weight is 514 g/mol. The van der Waals surface area contributed by atoms with Gasteiger partial charge in [-0.1, -0.05) is 45.0 Å². The van der Waals surface area contributed by atoms with Crippen LogP contribution in [-0.2, 0) is 20.8 Å². The van der Waals surface area contributed by atoms with Crippen molar-refractivity contribution in [1.29, 1.82) is 0 Å². The Labute approximate surface area is 222 Å². The minimum absolute atomic E-state index is 0.0188. The first kappa shape index (κ1) is 26.7. The van der Waals surface area contributed by atoms with E-state index < -0.39 is 23.7 Å². The highest BCUT2D eigenvalue weighted by molar-refractivity contribution is 6.51. The number of aryl methyl sites for hydroxylation is 1. The Morgan fingerprint density at radius 1 is 1.00 bits per heavy atom. The van der Waals surface area contributed by atoms with E-state index in [1.54, 1.807) is 61.7 Å². The lowest BCUT2D eigenvalue weighted by molar-refractivity contribution is -0.132. The van der Waals surface area contributed by atoms with Gasteiger partial charge in [-0.3, -0.25) is 19.3 Å². The molecule has 0 spiro atoms. The van der Waals surface area contributed by atoms with Crippen LogP contribution in [0.2, 0.25) is 0 Å². The minimum Gasteiger partial charge on any atom is -0.507 e. The molecule has 4 rings (SSSR count). The second kappa shape index (κ2) is 10.9. The van der Waals surface area contributed by atoms with E-state index in [9.17, 15) is 19.5 Å². The van der Waals surface area contributed by atoms with E-state index in [0.717, 1.165) is 17.5 Å². The van der Waals surface area contributed by atoms with Gasteiger partial charge < -0.3 is 14.6 Å². The Hall–Kier alpha value is -4.39. The summed E-state index contributed by atoms with van der Waals surface area (Å²) >= 11 is 0. The van der Waals surface area contributed by atoms with Crippen molar-refractivity contribution in [3.8, 4) is 11.5 Å². The molecule has 1 fully saturated rings. The second-order valence-corrected chi connectivity index (χ2v) is 9.46. The molecule has 3 aromatic carbocycles. The quantitative estimate of drug-likeness (QED) is 0.138. The number of ether oxygens (including phenoxy) is 2. The van der Waals surface area contributed by atoms with Crippen LogP contribution in [-0.4, -0.2) is 29.9 Å². The smallest absolute Gasteiger partial charge is 0.308 e. The highest BCUT2D eigenvalue weighted by Gasteiger charge is 2.47. The number of aliphatic hydroxyl groups is 1. The highest BCUT2D eigenvalue weighted by atomic mass is 16.5. The Morgan fingerprint density at radius 3 is 2.21 bits per heavy atom. The molecule has 3 aromatic rings. The topological polar surface area (TPSA) is 93.1 Å². The third-order valence-electron chi connectivity index (χ3n) is 6.65. The van der Waals surface area contributed by atoms with Crippen molar-refractivity contribution in [2.45, 2.75) is 46.1 Å². The van der Waals surface area contributed by atoms with Gasteiger partial charge in [-0.15, -0.1) is 0 Å². The molecule has 7 nitrogen and oxygen atoms in total. The zero-order valence-electron chi connectivity index (χ0n) is 22.1. The first-order valence-corrected chi connectivity index (χ1v) is 12.5. The number of Topliss-reactive ketones (excluding diaryl/α,β-unsaturated/α-hetero) is 1. The molecule has 196 valence electrons. The number of nitrogens with zero attached hydrogens (tertiary/aromatic N) is 1. The summed E-state index contributed by atoms with van der Waals surface area (Å²) < 4.78 is 10.6. The lowest BCUT2D eigenvalue weighted by Crippen LogP contribution is -2.29. The summed E-state index contributed by atoms with van der Waals surface area (Å²) in [6.07, 6.45) is 0.829. The summed E-state index contributed by atoms with van der Waals surface area (Å²) in [6.45, 7) is 7.35. The van der Waals surface area contributed by atoms with Crippen LogP contribution in [0.5, 0.6) is 11.5 Å². The normalized spacial score (nSPS) is 16.7. The first-order chi connectivity index (χ1) is 18.2. The molecule has 0 aliphatic carbocycles. The van der Waals surface area contributed by atoms with Gasteiger partial charge in [0.25, 0.3) is 11.7 Å². The van der Waals surface area contributed by atoms with Gasteiger partial charge in [-0.2, -0.15) is 0 Å². The summed E-state index contributed by atoms with van der Waals surface area (Å²) in [5.74, 6) is -1.13. The van der Waals surface area contributed by atoms with Crippen molar-refractivity contribution < 1.29 is 29.0 Å². The summed E-state index contributed by atoms with van der Waals surface area (Å²) in [4.78, 5) is 39.7. The van der Waals surface area contributed by atoms with Gasteiger partial charge >= 0.3 is 5.97 Å². The van der Waals surface area contributed by atoms with Gasteiger partial charge in [-0.25, -0.2) is 0 Å². The standard InChI is InChI=1S/C31H31NO6/c1-6-20-7-12-23(13-8-20)32-28(21-9-14-24(15-10-21)38-19(4)33)27(30(35)31(32)36)29(34)22-11-16-26(37-5)25(17-22)18(2)3/h7-18,28,34H,6H2,1-5H3/b29-27-. The Balaban J connectivity index is 1.90. The van der Waals surface area contributed by atoms with Gasteiger partial charge in [0.15, 0.2) is 0 Å². The van der Waals surface area contributed by atoms with Gasteiger partial charge in [0.05, 0.1) is 18.7 Å². The third kappa shape index (κ3) is 5.05. The number of hydrogen-bond donors (Lipinski definition) is 1. The van der Waals surface area contributed by atoms with Gasteiger partial charge in [0.1, 0.15) is 17.3 Å². The van der Waals surface area contributed by atoms with E-state index in [2.05, 4.69) is 0 Å². The van der Waals surface area contributed by atoms with Crippen molar-refractivity contribution in [3.63, 3.8) is 0 Å². The summed E-state index contributed by atoms with van der Waals surface area (Å²) in [5, 5.41) is 11.5. The third-order valence-corrected chi connectivity index (χ3v) is 6.65. The van der Waals surface area contributed by atoms with Gasteiger partial charge in [-0.05, 0) is 71.5 Å². The van der Waals surface area contributed by atoms with Crippen molar-refractivity contribution in [2.24, 2.45) is 0 Å². The minimum atomic E-state index is -0.890. The zero-order valence-corrected chi connectivity index (χ0v) is 22.1. The molecule has 1 amide bonds. The number of ketones is 1. The first-order valence-electron chi connectivity index (χ1n) is 12.5. The summed E-state index contributed by atoms with van der Waals surface area (Å²) in [5.41, 5.74) is 3.47. The van der Waals surface area contributed by atoms with Crippen LogP contribution in [0.15, 0.2) is 72.3 Å². The second-order valence-electron chi connectivity index (χ2n) is 9.46. The Morgan fingerprint density at radius 2 is 1.66 bits per heavy atom. The largest absolute Gasteiger partial charge is 0.507 e. The van der Waals surface area contributed by atoms with E-state index in [1.165, 1.54) is 11.8 Å². The molecular formula is C31H31NO6. The van der Waals surface area contributed by atoms with Crippen molar-refractivity contribution in [1.82, 2.24) is 0 Å². The maximum Gasteiger partial charge on any atom is 0.308 e. The monoisotopic (exact) mass is 513 g/mol. The van der Waals surface area contributed by atoms with Crippen LogP contribution in [0.3, 0.4) is 0 Å². The van der Waals surface area contributed by atoms with Crippen LogP contribution in [0.4, 0.5) is 5.69 Å². The van der Waals surface area contributed by atoms with Crippen LogP contribution < -0.4 is 14.4 Å². The van der Waals surface area contributed by atoms with E-state index in [1.807, 2.05) is 32.9 Å². The van der Waals surface area contributed by atoms with Crippen LogP contribution in [0, 0.1) is 0 Å². The number of carbonyl (C=O) groups is 3. The molecule has 1 unspecified atom stereocenters. The molecule has 0 saturated carbocycles. The molecule has 0 bridgehead atoms. The predicted molar refractivity (Wildman–Crippen MR) is 145 cm³/mol. The number of aliphatic hydroxyl groups excluding tert-OH is 1. The van der Waals surface area contributed by atoms with Crippen LogP contribution in [0.25, 0.3) is 5.76 Å². The Kier molecular flexibility index (Phi) is 7.67. The Bertz CT molecular complexity index is 1400. The number of anilines is 1. The number of rotatable bonds is 7. The van der Waals surface area contributed by atoms with Crippen molar-refractivity contribution >= 4 is 29.1 Å². The molecule has 1 saturated heterocycles. The fraction of sp³-hybridized carbons (Fsp3) is 0.258. The van der Waals surface area contributed by atoms with Gasteiger partial charge in [0, 0.05) is 18.2 Å². The number of carbonyl (C=O) groups excluding carboxylic acids is 3. The number of esters is 1. The highest BCUT2D eigenvalue weighted by Crippen LogP contribution is 2.43. The lowest BCUT2D eigenvalue weighted by Gasteiger charge is -2.26. The predicted octanol–water partition coefficient (Wildman–Crippen LogP) is 5.93. The average Bonchev–Trinajstić information content (AvgIpc) is 3.18. The molecule has 0 radical (unpaired) electrons. The lowest BCUT2D eigenvalue weighted by atomic mass is 9.93. The molecule has 7 heteroatoms. The summed E-state index contributed by atoms with van der Waals surface area (Å²) in [7, 11) is 1.58. The van der Waals surface area contributed by atoms with Crippen LogP contribution in [0.1, 0.15) is 61.9 Å². The SMILES string of the molecule is CCc1ccc(N2C(=O)C(=O)/C(=C(\O)c3ccc(OC)c(C(C)C)c3)C2c2ccc(OC(C)=O)cc2)cc1. The maximum atomic E-state index is 13.5. The molecule has 1 N–H and O–H groups in total. The van der Waals surface area contributed by atoms with Crippen LogP contribution >= 0.6 is 0 Å². The van der Waals surface area contributed by atoms with Crippen molar-refractivity contribution in [3.05, 3.63) is 94.6 Å². The van der Waals surface area contributed by atoms with E-state index in [-0.39, 0.29) is 17.3 Å². The van der Waals surface area contributed by atoms with Gasteiger partial charge in [0.2, 0.25) is 0 Å². The fourth-order valence-electron chi connectivity index (χ4n) is 4.68. The molecule has 0 aromatic heterocycles.